The first-order chi connectivity index (χ1) is 13.2. The fourth-order valence-electron chi connectivity index (χ4n) is 2.67. The Hall–Kier alpha value is -2.29. The zero-order valence-corrected chi connectivity index (χ0v) is 17.0. The molecule has 0 spiro atoms. The Bertz CT molecular complexity index is 1040. The van der Waals surface area contributed by atoms with E-state index in [1.165, 1.54) is 18.2 Å². The summed E-state index contributed by atoms with van der Waals surface area (Å²) in [5, 5.41) is 3.13. The number of anilines is 1. The number of halogens is 2. The van der Waals surface area contributed by atoms with Crippen molar-refractivity contribution in [2.24, 2.45) is 0 Å². The van der Waals surface area contributed by atoms with Crippen molar-refractivity contribution in [3.63, 3.8) is 0 Å². The van der Waals surface area contributed by atoms with Crippen molar-refractivity contribution < 1.29 is 22.7 Å². The summed E-state index contributed by atoms with van der Waals surface area (Å²) < 4.78 is 32.6. The molecular weight excluding hydrogens is 427 g/mol. The molecule has 0 aromatic heterocycles. The van der Waals surface area contributed by atoms with E-state index in [9.17, 15) is 18.0 Å². The summed E-state index contributed by atoms with van der Waals surface area (Å²) in [6, 6.07) is 8.69. The van der Waals surface area contributed by atoms with E-state index in [4.69, 9.17) is 27.9 Å². The standard InChI is InChI=1S/C18H16Cl2N2O5S/c1-2-15-18(24)21-14-8-10(6-7-16(14)27-15)28(25,26)22-17(23)9-11-12(19)4-3-5-13(11)20/h3-8,15H,2,9H2,1H3,(H,21,24)(H,22,23)/t15-/m1/s1. The second kappa shape index (κ2) is 7.98. The van der Waals surface area contributed by atoms with Crippen molar-refractivity contribution in [2.45, 2.75) is 30.8 Å². The molecule has 0 saturated heterocycles. The number of carbonyl (C=O) groups is 2. The van der Waals surface area contributed by atoms with E-state index < -0.39 is 22.0 Å². The lowest BCUT2D eigenvalue weighted by atomic mass is 10.1. The predicted octanol–water partition coefficient (Wildman–Crippen LogP) is 3.15. The molecule has 28 heavy (non-hydrogen) atoms. The van der Waals surface area contributed by atoms with Gasteiger partial charge in [-0.3, -0.25) is 9.59 Å². The number of sulfonamides is 1. The SMILES string of the molecule is CC[C@H]1Oc2ccc(S(=O)(=O)NC(=O)Cc3c(Cl)cccc3Cl)cc2NC1=O. The number of nitrogens with one attached hydrogen (secondary N) is 2. The quantitative estimate of drug-likeness (QED) is 0.740. The van der Waals surface area contributed by atoms with Gasteiger partial charge in [0.2, 0.25) is 5.91 Å². The molecule has 0 aliphatic carbocycles. The lowest BCUT2D eigenvalue weighted by Crippen LogP contribution is -2.36. The number of ether oxygens (including phenoxy) is 1. The van der Waals surface area contributed by atoms with E-state index in [1.807, 2.05) is 4.72 Å². The minimum atomic E-state index is -4.17. The largest absolute Gasteiger partial charge is 0.478 e. The lowest BCUT2D eigenvalue weighted by molar-refractivity contribution is -0.123. The van der Waals surface area contributed by atoms with Crippen molar-refractivity contribution in [3.8, 4) is 5.75 Å². The Labute approximate surface area is 172 Å². The third-order valence-corrected chi connectivity index (χ3v) is 6.18. The van der Waals surface area contributed by atoms with E-state index >= 15 is 0 Å². The molecule has 3 rings (SSSR count). The lowest BCUT2D eigenvalue weighted by Gasteiger charge is -2.25. The van der Waals surface area contributed by atoms with Crippen molar-refractivity contribution in [2.75, 3.05) is 5.32 Å². The Morgan fingerprint density at radius 2 is 1.89 bits per heavy atom. The van der Waals surface area contributed by atoms with Crippen molar-refractivity contribution in [3.05, 3.63) is 52.0 Å². The van der Waals surface area contributed by atoms with Crippen LogP contribution in [0.2, 0.25) is 10.0 Å². The van der Waals surface area contributed by atoms with Crippen molar-refractivity contribution in [1.82, 2.24) is 4.72 Å². The van der Waals surface area contributed by atoms with E-state index in [1.54, 1.807) is 25.1 Å². The van der Waals surface area contributed by atoms with Crippen LogP contribution in [0.4, 0.5) is 5.69 Å². The smallest absolute Gasteiger partial charge is 0.265 e. The molecular formula is C18H16Cl2N2O5S. The summed E-state index contributed by atoms with van der Waals surface area (Å²) >= 11 is 12.0. The number of amides is 2. The minimum Gasteiger partial charge on any atom is -0.478 e. The fourth-order valence-corrected chi connectivity index (χ4v) is 4.21. The predicted molar refractivity (Wildman–Crippen MR) is 105 cm³/mol. The van der Waals surface area contributed by atoms with Gasteiger partial charge in [-0.1, -0.05) is 36.2 Å². The van der Waals surface area contributed by atoms with Crippen LogP contribution in [-0.4, -0.2) is 26.3 Å². The molecule has 0 saturated carbocycles. The van der Waals surface area contributed by atoms with Gasteiger partial charge in [0.05, 0.1) is 17.0 Å². The molecule has 2 aromatic rings. The Morgan fingerprint density at radius 3 is 2.54 bits per heavy atom. The highest BCUT2D eigenvalue weighted by atomic mass is 35.5. The van der Waals surface area contributed by atoms with E-state index in [0.29, 0.717) is 17.7 Å². The molecule has 10 heteroatoms. The Balaban J connectivity index is 1.79. The van der Waals surface area contributed by atoms with Gasteiger partial charge >= 0.3 is 0 Å². The molecule has 1 atom stereocenters. The molecule has 1 aliphatic heterocycles. The first-order valence-corrected chi connectivity index (χ1v) is 10.5. The normalized spacial score (nSPS) is 16.0. The molecule has 7 nitrogen and oxygen atoms in total. The topological polar surface area (TPSA) is 102 Å². The van der Waals surface area contributed by atoms with Gasteiger partial charge in [0.15, 0.2) is 6.10 Å². The first-order valence-electron chi connectivity index (χ1n) is 8.31. The molecule has 1 heterocycles. The molecule has 0 radical (unpaired) electrons. The number of hydrogen-bond acceptors (Lipinski definition) is 5. The highest BCUT2D eigenvalue weighted by Gasteiger charge is 2.28. The van der Waals surface area contributed by atoms with Gasteiger partial charge in [0.25, 0.3) is 15.9 Å². The average molecular weight is 443 g/mol. The van der Waals surface area contributed by atoms with Crippen LogP contribution in [0.15, 0.2) is 41.3 Å². The number of carbonyl (C=O) groups excluding carboxylic acids is 2. The number of benzene rings is 2. The van der Waals surface area contributed by atoms with Gasteiger partial charge in [-0.25, -0.2) is 13.1 Å². The maximum absolute atomic E-state index is 12.5. The van der Waals surface area contributed by atoms with Crippen LogP contribution in [0.1, 0.15) is 18.9 Å². The monoisotopic (exact) mass is 442 g/mol. The summed E-state index contributed by atoms with van der Waals surface area (Å²) in [5.41, 5.74) is 0.550. The Morgan fingerprint density at radius 1 is 1.21 bits per heavy atom. The third-order valence-electron chi connectivity index (χ3n) is 4.10. The average Bonchev–Trinajstić information content (AvgIpc) is 2.63. The van der Waals surface area contributed by atoms with Gasteiger partial charge in [-0.05, 0) is 42.3 Å². The van der Waals surface area contributed by atoms with Gasteiger partial charge in [-0.15, -0.1) is 0 Å². The molecule has 2 aromatic carbocycles. The van der Waals surface area contributed by atoms with E-state index in [0.717, 1.165) is 0 Å². The molecule has 0 bridgehead atoms. The Kier molecular flexibility index (Phi) is 5.83. The molecule has 148 valence electrons. The van der Waals surface area contributed by atoms with Crippen LogP contribution >= 0.6 is 23.2 Å². The van der Waals surface area contributed by atoms with Gasteiger partial charge in [0.1, 0.15) is 5.75 Å². The zero-order valence-electron chi connectivity index (χ0n) is 14.7. The van der Waals surface area contributed by atoms with Crippen LogP contribution < -0.4 is 14.8 Å². The fraction of sp³-hybridized carbons (Fsp3) is 0.222. The second-order valence-corrected chi connectivity index (χ2v) is 8.56. The summed E-state index contributed by atoms with van der Waals surface area (Å²) in [5.74, 6) is -0.791. The zero-order chi connectivity index (χ0) is 20.5. The van der Waals surface area contributed by atoms with Crippen molar-refractivity contribution >= 4 is 50.7 Å². The van der Waals surface area contributed by atoms with Gasteiger partial charge in [-0.2, -0.15) is 0 Å². The first kappa shape index (κ1) is 20.4. The molecule has 2 N–H and O–H groups in total. The van der Waals surface area contributed by atoms with Crippen LogP contribution in [-0.2, 0) is 26.0 Å². The number of rotatable bonds is 5. The maximum Gasteiger partial charge on any atom is 0.265 e. The highest BCUT2D eigenvalue weighted by molar-refractivity contribution is 7.90. The van der Waals surface area contributed by atoms with Crippen LogP contribution in [0.3, 0.4) is 0 Å². The van der Waals surface area contributed by atoms with Crippen LogP contribution in [0.5, 0.6) is 5.75 Å². The number of fused-ring (bicyclic) bond motifs is 1. The third kappa shape index (κ3) is 4.24. The van der Waals surface area contributed by atoms with Crippen LogP contribution in [0, 0.1) is 0 Å². The summed E-state index contributed by atoms with van der Waals surface area (Å²) in [7, 11) is -4.17. The molecule has 0 fully saturated rings. The molecule has 1 aliphatic rings. The summed E-state index contributed by atoms with van der Waals surface area (Å²) in [6.07, 6.45) is -0.456. The minimum absolute atomic E-state index is 0.191. The summed E-state index contributed by atoms with van der Waals surface area (Å²) in [6.45, 7) is 1.80. The van der Waals surface area contributed by atoms with E-state index in [-0.39, 0.29) is 33.0 Å². The van der Waals surface area contributed by atoms with Crippen molar-refractivity contribution in [1.29, 1.82) is 0 Å². The maximum atomic E-state index is 12.5. The van der Waals surface area contributed by atoms with Crippen LogP contribution in [0.25, 0.3) is 0 Å². The van der Waals surface area contributed by atoms with Gasteiger partial charge in [0, 0.05) is 10.0 Å². The highest BCUT2D eigenvalue weighted by Crippen LogP contribution is 2.32. The molecule has 0 unspecified atom stereocenters. The van der Waals surface area contributed by atoms with Gasteiger partial charge < -0.3 is 10.1 Å². The second-order valence-electron chi connectivity index (χ2n) is 6.07. The summed E-state index contributed by atoms with van der Waals surface area (Å²) in [4.78, 5) is 23.9. The van der Waals surface area contributed by atoms with E-state index in [2.05, 4.69) is 5.32 Å². The number of hydrogen-bond donors (Lipinski definition) is 2. The molecule has 2 amide bonds.